The number of amides is 3. The number of primary amides is 1. The minimum Gasteiger partial charge on any atom is -0.452 e. The van der Waals surface area contributed by atoms with Crippen molar-refractivity contribution in [3.8, 4) is 0 Å². The lowest BCUT2D eigenvalue weighted by atomic mass is 10.2. The van der Waals surface area contributed by atoms with E-state index in [1.165, 1.54) is 0 Å². The highest BCUT2D eigenvalue weighted by atomic mass is 79.9. The smallest absolute Gasteiger partial charge is 0.338 e. The van der Waals surface area contributed by atoms with Crippen LogP contribution in [0.1, 0.15) is 10.4 Å². The Morgan fingerprint density at radius 1 is 1.24 bits per heavy atom. The van der Waals surface area contributed by atoms with Gasteiger partial charge in [-0.2, -0.15) is 0 Å². The zero-order chi connectivity index (χ0) is 12.8. The highest BCUT2D eigenvalue weighted by Crippen LogP contribution is 2.11. The zero-order valence-electron chi connectivity index (χ0n) is 8.60. The summed E-state index contributed by atoms with van der Waals surface area (Å²) in [6.45, 7) is -0.558. The van der Waals surface area contributed by atoms with Gasteiger partial charge in [-0.15, -0.1) is 0 Å². The summed E-state index contributed by atoms with van der Waals surface area (Å²) in [5.41, 5.74) is 5.02. The van der Waals surface area contributed by atoms with Gasteiger partial charge in [-0.25, -0.2) is 9.59 Å². The van der Waals surface area contributed by atoms with E-state index in [4.69, 9.17) is 5.73 Å². The number of hydrogen-bond acceptors (Lipinski definition) is 4. The average molecular weight is 301 g/mol. The number of benzene rings is 1. The lowest BCUT2D eigenvalue weighted by molar-refractivity contribution is -0.123. The zero-order valence-corrected chi connectivity index (χ0v) is 10.2. The fourth-order valence-corrected chi connectivity index (χ4v) is 1.24. The van der Waals surface area contributed by atoms with Crippen LogP contribution in [0.25, 0.3) is 0 Å². The summed E-state index contributed by atoms with van der Waals surface area (Å²) < 4.78 is 5.48. The molecule has 0 heterocycles. The number of carbonyl (C=O) groups excluding carboxylic acids is 3. The van der Waals surface area contributed by atoms with E-state index in [-0.39, 0.29) is 0 Å². The van der Waals surface area contributed by atoms with Crippen molar-refractivity contribution in [1.82, 2.24) is 5.32 Å². The summed E-state index contributed by atoms with van der Waals surface area (Å²) in [7, 11) is 0. The van der Waals surface area contributed by atoms with Crippen molar-refractivity contribution in [2.24, 2.45) is 5.73 Å². The molecule has 1 aromatic carbocycles. The second kappa shape index (κ2) is 6.00. The van der Waals surface area contributed by atoms with E-state index < -0.39 is 24.5 Å². The van der Waals surface area contributed by atoms with Crippen LogP contribution in [0.15, 0.2) is 28.7 Å². The number of urea groups is 1. The van der Waals surface area contributed by atoms with Crippen LogP contribution in [0.3, 0.4) is 0 Å². The second-order valence-electron chi connectivity index (χ2n) is 3.00. The molecule has 0 aromatic heterocycles. The largest absolute Gasteiger partial charge is 0.452 e. The van der Waals surface area contributed by atoms with Crippen LogP contribution < -0.4 is 11.1 Å². The molecule has 0 saturated heterocycles. The molecule has 0 aliphatic heterocycles. The molecule has 0 atom stereocenters. The number of hydrogen-bond donors (Lipinski definition) is 2. The van der Waals surface area contributed by atoms with Gasteiger partial charge in [-0.05, 0) is 24.3 Å². The van der Waals surface area contributed by atoms with Crippen LogP contribution in [0, 0.1) is 0 Å². The second-order valence-corrected chi connectivity index (χ2v) is 3.91. The molecule has 3 amide bonds. The highest BCUT2D eigenvalue weighted by Gasteiger charge is 2.10. The minimum absolute atomic E-state index is 0.306. The van der Waals surface area contributed by atoms with Gasteiger partial charge in [0.2, 0.25) is 0 Å². The van der Waals surface area contributed by atoms with Gasteiger partial charge >= 0.3 is 12.0 Å². The first kappa shape index (κ1) is 13.2. The van der Waals surface area contributed by atoms with Crippen molar-refractivity contribution in [3.05, 3.63) is 34.3 Å². The molecule has 0 saturated carbocycles. The van der Waals surface area contributed by atoms with Crippen LogP contribution in [-0.2, 0) is 9.53 Å². The molecule has 0 radical (unpaired) electrons. The topological polar surface area (TPSA) is 98.5 Å². The Balaban J connectivity index is 2.47. The first-order valence-electron chi connectivity index (χ1n) is 4.51. The first-order valence-corrected chi connectivity index (χ1v) is 5.30. The molecule has 0 bridgehead atoms. The lowest BCUT2D eigenvalue weighted by Crippen LogP contribution is -2.37. The van der Waals surface area contributed by atoms with E-state index in [0.717, 1.165) is 4.47 Å². The van der Waals surface area contributed by atoms with Crippen LogP contribution in [-0.4, -0.2) is 24.5 Å². The number of halogens is 1. The number of nitrogens with two attached hydrogens (primary N) is 1. The fraction of sp³-hybridized carbons (Fsp3) is 0.100. The van der Waals surface area contributed by atoms with Crippen LogP contribution in [0.2, 0.25) is 0 Å². The molecule has 90 valence electrons. The van der Waals surface area contributed by atoms with Gasteiger partial charge < -0.3 is 10.5 Å². The van der Waals surface area contributed by atoms with Gasteiger partial charge in [-0.3, -0.25) is 10.1 Å². The van der Waals surface area contributed by atoms with E-state index in [1.807, 2.05) is 0 Å². The van der Waals surface area contributed by atoms with Crippen molar-refractivity contribution in [2.75, 3.05) is 6.61 Å². The number of esters is 1. The van der Waals surface area contributed by atoms with E-state index in [2.05, 4.69) is 20.7 Å². The third kappa shape index (κ3) is 4.64. The molecule has 0 fully saturated rings. The van der Waals surface area contributed by atoms with Gasteiger partial charge in [0, 0.05) is 4.47 Å². The molecule has 1 aromatic rings. The van der Waals surface area contributed by atoms with Crippen molar-refractivity contribution in [2.45, 2.75) is 0 Å². The molecule has 0 spiro atoms. The number of imide groups is 1. The van der Waals surface area contributed by atoms with E-state index in [9.17, 15) is 14.4 Å². The van der Waals surface area contributed by atoms with E-state index >= 15 is 0 Å². The molecule has 6 nitrogen and oxygen atoms in total. The minimum atomic E-state index is -0.991. The summed E-state index contributed by atoms with van der Waals surface area (Å²) in [5, 5.41) is 1.77. The van der Waals surface area contributed by atoms with E-state index in [1.54, 1.807) is 29.6 Å². The third-order valence-electron chi connectivity index (χ3n) is 1.68. The molecule has 0 aliphatic rings. The standard InChI is InChI=1S/C10H9BrN2O4/c11-7-3-1-6(2-4-7)9(15)17-5-8(14)13-10(12)16/h1-4H,5H2,(H3,12,13,14,16). The molecule has 1 rings (SSSR count). The molecular formula is C10H9BrN2O4. The summed E-state index contributed by atoms with van der Waals surface area (Å²) in [5.74, 6) is -1.43. The average Bonchev–Trinajstić information content (AvgIpc) is 2.26. The Kier molecular flexibility index (Phi) is 4.65. The number of ether oxygens (including phenoxy) is 1. The van der Waals surface area contributed by atoms with Gasteiger partial charge in [0.25, 0.3) is 5.91 Å². The Labute approximate surface area is 105 Å². The van der Waals surface area contributed by atoms with Crippen LogP contribution >= 0.6 is 15.9 Å². The number of carbonyl (C=O) groups is 3. The van der Waals surface area contributed by atoms with Crippen molar-refractivity contribution in [3.63, 3.8) is 0 Å². The molecule has 3 N–H and O–H groups in total. The van der Waals surface area contributed by atoms with Gasteiger partial charge in [0.15, 0.2) is 6.61 Å². The quantitative estimate of drug-likeness (QED) is 0.807. The first-order chi connectivity index (χ1) is 7.99. The molecular weight excluding hydrogens is 292 g/mol. The maximum Gasteiger partial charge on any atom is 0.338 e. The number of rotatable bonds is 3. The lowest BCUT2D eigenvalue weighted by Gasteiger charge is -2.04. The SMILES string of the molecule is NC(=O)NC(=O)COC(=O)c1ccc(Br)cc1. The van der Waals surface area contributed by atoms with Crippen molar-refractivity contribution in [1.29, 1.82) is 0 Å². The van der Waals surface area contributed by atoms with Crippen molar-refractivity contribution >= 4 is 33.8 Å². The van der Waals surface area contributed by atoms with Gasteiger partial charge in [0.1, 0.15) is 0 Å². The highest BCUT2D eigenvalue weighted by molar-refractivity contribution is 9.10. The summed E-state index contributed by atoms with van der Waals surface area (Å²) in [4.78, 5) is 32.7. The Morgan fingerprint density at radius 3 is 2.35 bits per heavy atom. The normalized spacial score (nSPS) is 9.47. The maximum atomic E-state index is 11.4. The van der Waals surface area contributed by atoms with Crippen LogP contribution in [0.5, 0.6) is 0 Å². The molecule has 17 heavy (non-hydrogen) atoms. The maximum absolute atomic E-state index is 11.4. The van der Waals surface area contributed by atoms with E-state index in [0.29, 0.717) is 5.56 Å². The number of nitrogens with one attached hydrogen (secondary N) is 1. The fourth-order valence-electron chi connectivity index (χ4n) is 0.974. The molecule has 0 unspecified atom stereocenters. The monoisotopic (exact) mass is 300 g/mol. The Morgan fingerprint density at radius 2 is 1.82 bits per heavy atom. The van der Waals surface area contributed by atoms with Crippen molar-refractivity contribution < 1.29 is 19.1 Å². The Bertz CT molecular complexity index is 444. The third-order valence-corrected chi connectivity index (χ3v) is 2.21. The predicted octanol–water partition coefficient (Wildman–Crippen LogP) is 0.801. The predicted molar refractivity (Wildman–Crippen MR) is 62.2 cm³/mol. The van der Waals surface area contributed by atoms with Crippen LogP contribution in [0.4, 0.5) is 4.79 Å². The molecule has 7 heteroatoms. The van der Waals surface area contributed by atoms with Gasteiger partial charge in [0.05, 0.1) is 5.56 Å². The summed E-state index contributed by atoms with van der Waals surface area (Å²) in [6, 6.07) is 5.42. The summed E-state index contributed by atoms with van der Waals surface area (Å²) >= 11 is 3.22. The van der Waals surface area contributed by atoms with Gasteiger partial charge in [-0.1, -0.05) is 15.9 Å². The summed E-state index contributed by atoms with van der Waals surface area (Å²) in [6.07, 6.45) is 0. The molecule has 0 aliphatic carbocycles. The Hall–Kier alpha value is -1.89.